The topological polar surface area (TPSA) is 31.7 Å². The molecule has 1 heterocycles. The highest BCUT2D eigenvalue weighted by atomic mass is 79.9. The van der Waals surface area contributed by atoms with E-state index in [-0.39, 0.29) is 0 Å². The van der Waals surface area contributed by atoms with Gasteiger partial charge in [0.15, 0.2) is 5.96 Å². The fraction of sp³-hybridized carbons (Fsp3) is 0.600. The van der Waals surface area contributed by atoms with Crippen molar-refractivity contribution in [2.45, 2.75) is 13.5 Å². The van der Waals surface area contributed by atoms with Crippen molar-refractivity contribution in [1.82, 2.24) is 14.8 Å². The summed E-state index contributed by atoms with van der Waals surface area (Å²) in [5, 5.41) is 1.03. The first-order chi connectivity index (χ1) is 7.41. The van der Waals surface area contributed by atoms with E-state index in [0.717, 1.165) is 20.4 Å². The highest BCUT2D eigenvalue weighted by Crippen LogP contribution is 2.24. The van der Waals surface area contributed by atoms with E-state index in [1.54, 1.807) is 11.3 Å². The standard InChI is InChI=1S/C10H17BrN4S/c1-7-9(11)16-8(13-7)6-12-10(14(2)3)15(4)5/h6H2,1-5H3. The second kappa shape index (κ2) is 5.63. The minimum Gasteiger partial charge on any atom is -0.349 e. The van der Waals surface area contributed by atoms with E-state index in [1.807, 2.05) is 44.9 Å². The zero-order valence-electron chi connectivity index (χ0n) is 10.3. The molecule has 0 fully saturated rings. The first-order valence-electron chi connectivity index (χ1n) is 4.92. The summed E-state index contributed by atoms with van der Waals surface area (Å²) in [6.07, 6.45) is 0. The summed E-state index contributed by atoms with van der Waals surface area (Å²) in [5.74, 6) is 0.948. The minimum absolute atomic E-state index is 0.628. The average molecular weight is 305 g/mol. The second-order valence-corrected chi connectivity index (χ2v) is 6.27. The van der Waals surface area contributed by atoms with Crippen LogP contribution < -0.4 is 0 Å². The maximum Gasteiger partial charge on any atom is 0.195 e. The molecule has 1 rings (SSSR count). The lowest BCUT2D eigenvalue weighted by Crippen LogP contribution is -2.35. The quantitative estimate of drug-likeness (QED) is 0.620. The molecule has 0 aliphatic heterocycles. The lowest BCUT2D eigenvalue weighted by atomic mass is 10.6. The van der Waals surface area contributed by atoms with Crippen LogP contribution in [-0.2, 0) is 6.54 Å². The van der Waals surface area contributed by atoms with Crippen LogP contribution in [0.1, 0.15) is 10.7 Å². The molecule has 1 aromatic heterocycles. The van der Waals surface area contributed by atoms with E-state index in [9.17, 15) is 0 Å². The van der Waals surface area contributed by atoms with Crippen molar-refractivity contribution >= 4 is 33.2 Å². The molecule has 0 N–H and O–H groups in total. The highest BCUT2D eigenvalue weighted by Gasteiger charge is 2.07. The number of aliphatic imine (C=N–C) groups is 1. The van der Waals surface area contributed by atoms with E-state index < -0.39 is 0 Å². The number of aromatic nitrogens is 1. The summed E-state index contributed by atoms with van der Waals surface area (Å²) in [7, 11) is 7.95. The van der Waals surface area contributed by atoms with Gasteiger partial charge in [0.05, 0.1) is 16.0 Å². The maximum atomic E-state index is 4.54. The van der Waals surface area contributed by atoms with Gasteiger partial charge in [-0.15, -0.1) is 11.3 Å². The van der Waals surface area contributed by atoms with Crippen LogP contribution in [0.4, 0.5) is 0 Å². The Morgan fingerprint density at radius 1 is 1.31 bits per heavy atom. The summed E-state index contributed by atoms with van der Waals surface area (Å²) in [6, 6.07) is 0. The van der Waals surface area contributed by atoms with E-state index in [4.69, 9.17) is 0 Å². The number of rotatable bonds is 2. The lowest BCUT2D eigenvalue weighted by Gasteiger charge is -2.22. The predicted molar refractivity (Wildman–Crippen MR) is 73.1 cm³/mol. The van der Waals surface area contributed by atoms with Crippen LogP contribution in [0.15, 0.2) is 8.78 Å². The smallest absolute Gasteiger partial charge is 0.195 e. The number of hydrogen-bond acceptors (Lipinski definition) is 3. The van der Waals surface area contributed by atoms with Gasteiger partial charge in [-0.05, 0) is 22.9 Å². The Balaban J connectivity index is 2.77. The summed E-state index contributed by atoms with van der Waals surface area (Å²) < 4.78 is 1.09. The van der Waals surface area contributed by atoms with Gasteiger partial charge in [-0.2, -0.15) is 0 Å². The lowest BCUT2D eigenvalue weighted by molar-refractivity contribution is 0.479. The van der Waals surface area contributed by atoms with Gasteiger partial charge in [-0.3, -0.25) is 0 Å². The number of thiazole rings is 1. The Bertz CT molecular complexity index is 355. The van der Waals surface area contributed by atoms with Gasteiger partial charge in [0.2, 0.25) is 0 Å². The fourth-order valence-corrected chi connectivity index (χ4v) is 2.68. The maximum absolute atomic E-state index is 4.54. The highest BCUT2D eigenvalue weighted by molar-refractivity contribution is 9.11. The second-order valence-electron chi connectivity index (χ2n) is 3.87. The zero-order valence-corrected chi connectivity index (χ0v) is 12.7. The molecule has 90 valence electrons. The third-order valence-electron chi connectivity index (χ3n) is 1.94. The van der Waals surface area contributed by atoms with Crippen molar-refractivity contribution in [3.8, 4) is 0 Å². The summed E-state index contributed by atoms with van der Waals surface area (Å²) in [6.45, 7) is 2.62. The summed E-state index contributed by atoms with van der Waals surface area (Å²) >= 11 is 5.11. The van der Waals surface area contributed by atoms with Crippen LogP contribution in [0.25, 0.3) is 0 Å². The van der Waals surface area contributed by atoms with Gasteiger partial charge >= 0.3 is 0 Å². The molecule has 0 unspecified atom stereocenters. The summed E-state index contributed by atoms with van der Waals surface area (Å²) in [5.41, 5.74) is 1.03. The molecule has 0 aliphatic rings. The van der Waals surface area contributed by atoms with E-state index in [1.165, 1.54) is 0 Å². The molecule has 1 aromatic rings. The van der Waals surface area contributed by atoms with Crippen molar-refractivity contribution in [2.75, 3.05) is 28.2 Å². The van der Waals surface area contributed by atoms with Crippen molar-refractivity contribution in [3.63, 3.8) is 0 Å². The summed E-state index contributed by atoms with van der Waals surface area (Å²) in [4.78, 5) is 13.0. The molecule has 0 amide bonds. The number of halogens is 1. The van der Waals surface area contributed by atoms with Gasteiger partial charge in [-0.25, -0.2) is 9.98 Å². The van der Waals surface area contributed by atoms with E-state index >= 15 is 0 Å². The molecule has 0 bridgehead atoms. The molecule has 0 saturated carbocycles. The van der Waals surface area contributed by atoms with Crippen molar-refractivity contribution in [2.24, 2.45) is 4.99 Å². The Morgan fingerprint density at radius 3 is 2.25 bits per heavy atom. The molecule has 0 atom stereocenters. The largest absolute Gasteiger partial charge is 0.349 e. The Kier molecular flexibility index (Phi) is 4.73. The van der Waals surface area contributed by atoms with Gasteiger partial charge in [0.1, 0.15) is 5.01 Å². The molecule has 0 radical (unpaired) electrons. The average Bonchev–Trinajstić information content (AvgIpc) is 2.45. The molecule has 0 aromatic carbocycles. The van der Waals surface area contributed by atoms with Crippen molar-refractivity contribution in [3.05, 3.63) is 14.5 Å². The molecule has 0 aliphatic carbocycles. The minimum atomic E-state index is 0.628. The number of nitrogens with zero attached hydrogens (tertiary/aromatic N) is 4. The Morgan fingerprint density at radius 2 is 1.88 bits per heavy atom. The molecule has 16 heavy (non-hydrogen) atoms. The van der Waals surface area contributed by atoms with Gasteiger partial charge in [0, 0.05) is 28.2 Å². The number of hydrogen-bond donors (Lipinski definition) is 0. The molecule has 0 saturated heterocycles. The Hall–Kier alpha value is -0.620. The van der Waals surface area contributed by atoms with Crippen molar-refractivity contribution in [1.29, 1.82) is 0 Å². The Labute approximate surface area is 109 Å². The van der Waals surface area contributed by atoms with E-state index in [0.29, 0.717) is 6.54 Å². The van der Waals surface area contributed by atoms with Gasteiger partial charge < -0.3 is 9.80 Å². The molecular formula is C10H17BrN4S. The predicted octanol–water partition coefficient (Wildman–Crippen LogP) is 2.19. The van der Waals surface area contributed by atoms with Crippen LogP contribution in [0, 0.1) is 6.92 Å². The molecule has 4 nitrogen and oxygen atoms in total. The number of guanidine groups is 1. The first kappa shape index (κ1) is 13.4. The monoisotopic (exact) mass is 304 g/mol. The van der Waals surface area contributed by atoms with E-state index in [2.05, 4.69) is 25.9 Å². The fourth-order valence-electron chi connectivity index (χ4n) is 1.32. The third-order valence-corrected chi connectivity index (χ3v) is 3.93. The van der Waals surface area contributed by atoms with Crippen LogP contribution in [0.5, 0.6) is 0 Å². The van der Waals surface area contributed by atoms with Crippen LogP contribution in [-0.4, -0.2) is 48.9 Å². The first-order valence-corrected chi connectivity index (χ1v) is 6.53. The number of aryl methyl sites for hydroxylation is 1. The third kappa shape index (κ3) is 3.45. The van der Waals surface area contributed by atoms with Crippen molar-refractivity contribution < 1.29 is 0 Å². The van der Waals surface area contributed by atoms with Gasteiger partial charge in [-0.1, -0.05) is 0 Å². The SMILES string of the molecule is Cc1nc(CN=C(N(C)C)N(C)C)sc1Br. The van der Waals surface area contributed by atoms with Crippen LogP contribution >= 0.6 is 27.3 Å². The molecule has 6 heteroatoms. The normalized spacial score (nSPS) is 10.1. The molecular weight excluding hydrogens is 288 g/mol. The van der Waals surface area contributed by atoms with Crippen LogP contribution in [0.3, 0.4) is 0 Å². The van der Waals surface area contributed by atoms with Crippen LogP contribution in [0.2, 0.25) is 0 Å². The zero-order chi connectivity index (χ0) is 12.3. The molecule has 0 spiro atoms. The van der Waals surface area contributed by atoms with Gasteiger partial charge in [0.25, 0.3) is 0 Å².